The Labute approximate surface area is 317 Å². The summed E-state index contributed by atoms with van der Waals surface area (Å²) in [5.41, 5.74) is 2.17. The van der Waals surface area contributed by atoms with Gasteiger partial charge in [0.2, 0.25) is 5.91 Å². The van der Waals surface area contributed by atoms with Crippen LogP contribution < -0.4 is 4.90 Å². The molecule has 3 saturated heterocycles. The standard InChI is InChI=1S/C41H63NO8SSi/c1-11-12-13-17-32(50-52(9,10)39(2,3)4)28-18-20-30(21-19-28)42-29(22-25-36(42)43)15-14-16-31-23-24-35(51-31)38(44)45-26-33-37(49-41(7,8)48-33)34-27-46-40(5,6)47-34/h18-21,23-24,29,32-34,37H,11-17,22,25-27H2,1-10H3/t29-,32?,33+,34-,37-/m0/s1. The zero-order chi connectivity index (χ0) is 37.9. The van der Waals surface area contributed by atoms with Gasteiger partial charge in [0.05, 0.1) is 12.7 Å². The van der Waals surface area contributed by atoms with Gasteiger partial charge in [-0.1, -0.05) is 59.1 Å². The molecule has 2 aromatic rings. The van der Waals surface area contributed by atoms with E-state index in [1.54, 1.807) is 0 Å². The van der Waals surface area contributed by atoms with Crippen LogP contribution in [0.2, 0.25) is 18.1 Å². The SMILES string of the molecule is CCCCCC(O[Si](C)(C)C(C)(C)C)c1ccc(N2C(=O)CC[C@@H]2CCCc2ccc(C(=O)OC[C@H]3OC(C)(C)O[C@@H]3[C@@H]3COC(C)(C)O3)s2)cc1. The van der Waals surface area contributed by atoms with Crippen molar-refractivity contribution < 1.29 is 37.7 Å². The van der Waals surface area contributed by atoms with Gasteiger partial charge in [0.25, 0.3) is 0 Å². The van der Waals surface area contributed by atoms with Crippen molar-refractivity contribution in [1.29, 1.82) is 0 Å². The molecule has 11 heteroatoms. The van der Waals surface area contributed by atoms with Gasteiger partial charge < -0.3 is 33.0 Å². The number of carbonyl (C=O) groups excluding carboxylic acids is 2. The lowest BCUT2D eigenvalue weighted by molar-refractivity contribution is -0.175. The molecule has 3 aliphatic heterocycles. The van der Waals surface area contributed by atoms with E-state index in [0.717, 1.165) is 49.1 Å². The fourth-order valence-electron chi connectivity index (χ4n) is 7.17. The topological polar surface area (TPSA) is 92.8 Å². The summed E-state index contributed by atoms with van der Waals surface area (Å²) >= 11 is 1.46. The van der Waals surface area contributed by atoms with Gasteiger partial charge in [-0.05, 0) is 108 Å². The number of aryl methyl sites for hydroxylation is 1. The Bertz CT molecular complexity index is 1500. The lowest BCUT2D eigenvalue weighted by Crippen LogP contribution is -2.41. The van der Waals surface area contributed by atoms with E-state index in [1.807, 2.05) is 44.7 Å². The van der Waals surface area contributed by atoms with Crippen LogP contribution in [0.5, 0.6) is 0 Å². The quantitative estimate of drug-likeness (QED) is 0.0950. The van der Waals surface area contributed by atoms with Crippen LogP contribution in [0.3, 0.4) is 0 Å². The number of amides is 1. The maximum Gasteiger partial charge on any atom is 0.348 e. The Balaban J connectivity index is 1.13. The number of hydrogen-bond acceptors (Lipinski definition) is 9. The number of unbranched alkanes of at least 4 members (excludes halogenated alkanes) is 2. The molecule has 1 aromatic carbocycles. The van der Waals surface area contributed by atoms with E-state index in [9.17, 15) is 9.59 Å². The number of ether oxygens (including phenoxy) is 5. The molecule has 3 aliphatic rings. The molecule has 3 fully saturated rings. The minimum absolute atomic E-state index is 0.0656. The molecule has 0 radical (unpaired) electrons. The van der Waals surface area contributed by atoms with Gasteiger partial charge in [0.1, 0.15) is 29.8 Å². The first-order valence-electron chi connectivity index (χ1n) is 19.4. The highest BCUT2D eigenvalue weighted by atomic mass is 32.1. The molecular formula is C41H63NO8SSi. The Morgan fingerprint density at radius 1 is 1.00 bits per heavy atom. The maximum atomic E-state index is 13.1. The third-order valence-corrected chi connectivity index (χ3v) is 16.6. The summed E-state index contributed by atoms with van der Waals surface area (Å²) in [6.07, 6.45) is 7.53. The van der Waals surface area contributed by atoms with Gasteiger partial charge in [-0.2, -0.15) is 0 Å². The number of esters is 1. The zero-order valence-electron chi connectivity index (χ0n) is 33.3. The number of carbonyl (C=O) groups is 2. The summed E-state index contributed by atoms with van der Waals surface area (Å²) in [5, 5.41) is 0.139. The number of thiophene rings is 1. The summed E-state index contributed by atoms with van der Waals surface area (Å²) in [6, 6.07) is 12.6. The van der Waals surface area contributed by atoms with Crippen LogP contribution in [-0.2, 0) is 39.3 Å². The second kappa shape index (κ2) is 16.7. The first-order valence-corrected chi connectivity index (χ1v) is 23.1. The van der Waals surface area contributed by atoms with Gasteiger partial charge in [-0.3, -0.25) is 4.79 Å². The average Bonchev–Trinajstić information content (AvgIpc) is 3.84. The number of benzene rings is 1. The average molecular weight is 758 g/mol. The Morgan fingerprint density at radius 3 is 2.38 bits per heavy atom. The molecule has 0 spiro atoms. The number of rotatable bonds is 16. The lowest BCUT2D eigenvalue weighted by atomic mass is 10.0. The minimum Gasteiger partial charge on any atom is -0.459 e. The second-order valence-corrected chi connectivity index (χ2v) is 23.1. The predicted octanol–water partition coefficient (Wildman–Crippen LogP) is 9.74. The van der Waals surface area contributed by atoms with Crippen molar-refractivity contribution in [2.45, 2.75) is 173 Å². The van der Waals surface area contributed by atoms with E-state index >= 15 is 0 Å². The fraction of sp³-hybridized carbons (Fsp3) is 0.707. The molecule has 4 heterocycles. The van der Waals surface area contributed by atoms with Crippen LogP contribution in [0.25, 0.3) is 0 Å². The van der Waals surface area contributed by atoms with Crippen LogP contribution in [0.1, 0.15) is 133 Å². The van der Waals surface area contributed by atoms with E-state index in [0.29, 0.717) is 17.9 Å². The zero-order valence-corrected chi connectivity index (χ0v) is 35.1. The largest absolute Gasteiger partial charge is 0.459 e. The summed E-state index contributed by atoms with van der Waals surface area (Å²) in [4.78, 5) is 29.9. The first-order chi connectivity index (χ1) is 24.4. The summed E-state index contributed by atoms with van der Waals surface area (Å²) in [5.74, 6) is -1.68. The molecule has 1 unspecified atom stereocenters. The van der Waals surface area contributed by atoms with Crippen molar-refractivity contribution in [2.24, 2.45) is 0 Å². The van der Waals surface area contributed by atoms with Gasteiger partial charge in [-0.25, -0.2) is 4.79 Å². The highest BCUT2D eigenvalue weighted by molar-refractivity contribution is 7.13. The van der Waals surface area contributed by atoms with Gasteiger partial charge >= 0.3 is 5.97 Å². The number of hydrogen-bond donors (Lipinski definition) is 0. The molecule has 1 aromatic heterocycles. The molecule has 52 heavy (non-hydrogen) atoms. The summed E-state index contributed by atoms with van der Waals surface area (Å²) < 4.78 is 36.6. The van der Waals surface area contributed by atoms with Crippen molar-refractivity contribution in [1.82, 2.24) is 0 Å². The van der Waals surface area contributed by atoms with Crippen molar-refractivity contribution in [3.8, 4) is 0 Å². The first kappa shape index (κ1) is 41.0. The minimum atomic E-state index is -1.95. The van der Waals surface area contributed by atoms with Crippen LogP contribution >= 0.6 is 11.3 Å². The molecule has 0 N–H and O–H groups in total. The molecule has 5 rings (SSSR count). The molecule has 5 atom stereocenters. The smallest absolute Gasteiger partial charge is 0.348 e. The van der Waals surface area contributed by atoms with Crippen molar-refractivity contribution in [3.63, 3.8) is 0 Å². The normalized spacial score (nSPS) is 25.2. The van der Waals surface area contributed by atoms with Gasteiger partial charge in [0.15, 0.2) is 19.9 Å². The van der Waals surface area contributed by atoms with E-state index in [2.05, 4.69) is 65.1 Å². The molecular weight excluding hydrogens is 695 g/mol. The lowest BCUT2D eigenvalue weighted by Gasteiger charge is -2.39. The third kappa shape index (κ3) is 10.3. The molecule has 0 bridgehead atoms. The molecule has 9 nitrogen and oxygen atoms in total. The van der Waals surface area contributed by atoms with Gasteiger partial charge in [0, 0.05) is 23.0 Å². The predicted molar refractivity (Wildman–Crippen MR) is 208 cm³/mol. The number of anilines is 1. The Hall–Kier alpha value is -2.12. The van der Waals surface area contributed by atoms with Crippen molar-refractivity contribution >= 4 is 37.2 Å². The summed E-state index contributed by atoms with van der Waals surface area (Å²) in [6.45, 7) is 21.7. The number of nitrogens with zero attached hydrogens (tertiary/aromatic N) is 1. The molecule has 1 amide bonds. The van der Waals surface area contributed by atoms with Crippen molar-refractivity contribution in [2.75, 3.05) is 18.1 Å². The van der Waals surface area contributed by atoms with Crippen LogP contribution in [0, 0.1) is 0 Å². The Kier molecular flexibility index (Phi) is 13.2. The molecule has 0 saturated carbocycles. The van der Waals surface area contributed by atoms with Gasteiger partial charge in [-0.15, -0.1) is 11.3 Å². The van der Waals surface area contributed by atoms with Crippen LogP contribution in [-0.4, -0.2) is 69.3 Å². The van der Waals surface area contributed by atoms with E-state index < -0.39 is 32.1 Å². The van der Waals surface area contributed by atoms with Crippen molar-refractivity contribution in [3.05, 3.63) is 51.7 Å². The highest BCUT2D eigenvalue weighted by Crippen LogP contribution is 2.42. The summed E-state index contributed by atoms with van der Waals surface area (Å²) in [7, 11) is -1.95. The highest BCUT2D eigenvalue weighted by Gasteiger charge is 2.50. The Morgan fingerprint density at radius 2 is 1.73 bits per heavy atom. The molecule has 290 valence electrons. The van der Waals surface area contributed by atoms with Crippen LogP contribution in [0.4, 0.5) is 5.69 Å². The van der Waals surface area contributed by atoms with E-state index in [4.69, 9.17) is 28.1 Å². The molecule has 0 aliphatic carbocycles. The second-order valence-electron chi connectivity index (χ2n) is 17.2. The third-order valence-electron chi connectivity index (χ3n) is 11.0. The van der Waals surface area contributed by atoms with E-state index in [-0.39, 0.29) is 41.8 Å². The fourth-order valence-corrected chi connectivity index (χ4v) is 9.44. The monoisotopic (exact) mass is 757 g/mol. The van der Waals surface area contributed by atoms with Crippen LogP contribution in [0.15, 0.2) is 36.4 Å². The maximum absolute atomic E-state index is 13.1. The van der Waals surface area contributed by atoms with E-state index in [1.165, 1.54) is 29.7 Å².